The fourth-order valence-electron chi connectivity index (χ4n) is 3.22. The molecule has 0 radical (unpaired) electrons. The van der Waals surface area contributed by atoms with Crippen LogP contribution in [0.25, 0.3) is 0 Å². The molecule has 1 saturated carbocycles. The van der Waals surface area contributed by atoms with Crippen molar-refractivity contribution in [1.82, 2.24) is 10.2 Å². The highest BCUT2D eigenvalue weighted by Gasteiger charge is 2.43. The van der Waals surface area contributed by atoms with Gasteiger partial charge in [0.2, 0.25) is 5.91 Å². The highest BCUT2D eigenvalue weighted by molar-refractivity contribution is 5.82. The Labute approximate surface area is 143 Å². The minimum absolute atomic E-state index is 0.103. The standard InChI is InChI=1S/C19H26N2O3/c1-13(2)14-4-6-15(7-5-14)16-12-17(16)18(22)20-8-3-9-21-10-11-24-19(21)23/h4-7,13,16-17H,3,8-12H2,1-2H3,(H,20,22)/t16-,17+/m1/s1. The van der Waals surface area contributed by atoms with Crippen LogP contribution in [0.4, 0.5) is 4.79 Å². The van der Waals surface area contributed by atoms with Crippen LogP contribution in [0.1, 0.15) is 49.7 Å². The number of benzene rings is 1. The molecule has 2 atom stereocenters. The number of hydrogen-bond donors (Lipinski definition) is 1. The molecule has 1 aliphatic carbocycles. The molecule has 0 bridgehead atoms. The second-order valence-corrected chi connectivity index (χ2v) is 7.02. The molecular weight excluding hydrogens is 304 g/mol. The Morgan fingerprint density at radius 2 is 2.08 bits per heavy atom. The number of cyclic esters (lactones) is 1. The highest BCUT2D eigenvalue weighted by atomic mass is 16.6. The van der Waals surface area contributed by atoms with Crippen molar-refractivity contribution in [2.24, 2.45) is 5.92 Å². The SMILES string of the molecule is CC(C)c1ccc([C@H]2C[C@@H]2C(=O)NCCCN2CCOC2=O)cc1. The highest BCUT2D eigenvalue weighted by Crippen LogP contribution is 2.47. The lowest BCUT2D eigenvalue weighted by atomic mass is 10.00. The van der Waals surface area contributed by atoms with E-state index in [1.54, 1.807) is 4.90 Å². The van der Waals surface area contributed by atoms with E-state index < -0.39 is 0 Å². The molecule has 5 nitrogen and oxygen atoms in total. The van der Waals surface area contributed by atoms with E-state index in [2.05, 4.69) is 43.4 Å². The first-order chi connectivity index (χ1) is 11.6. The van der Waals surface area contributed by atoms with Crippen molar-refractivity contribution in [2.45, 2.75) is 38.5 Å². The van der Waals surface area contributed by atoms with Crippen LogP contribution < -0.4 is 5.32 Å². The summed E-state index contributed by atoms with van der Waals surface area (Å²) >= 11 is 0. The molecule has 2 amide bonds. The van der Waals surface area contributed by atoms with Crippen molar-refractivity contribution < 1.29 is 14.3 Å². The summed E-state index contributed by atoms with van der Waals surface area (Å²) in [6, 6.07) is 8.66. The topological polar surface area (TPSA) is 58.6 Å². The van der Waals surface area contributed by atoms with E-state index in [-0.39, 0.29) is 17.9 Å². The number of carbonyl (C=O) groups is 2. The van der Waals surface area contributed by atoms with Crippen LogP contribution in [0.2, 0.25) is 0 Å². The minimum Gasteiger partial charge on any atom is -0.448 e. The van der Waals surface area contributed by atoms with Gasteiger partial charge in [0.05, 0.1) is 6.54 Å². The molecule has 5 heteroatoms. The van der Waals surface area contributed by atoms with Crippen LogP contribution >= 0.6 is 0 Å². The maximum absolute atomic E-state index is 12.2. The normalized spacial score (nSPS) is 22.6. The second kappa shape index (κ2) is 7.24. The van der Waals surface area contributed by atoms with Crippen molar-refractivity contribution in [3.63, 3.8) is 0 Å². The predicted octanol–water partition coefficient (Wildman–Crippen LogP) is 2.87. The van der Waals surface area contributed by atoms with Gasteiger partial charge in [-0.25, -0.2) is 4.79 Å². The summed E-state index contributed by atoms with van der Waals surface area (Å²) < 4.78 is 4.88. The minimum atomic E-state index is -0.242. The van der Waals surface area contributed by atoms with Gasteiger partial charge >= 0.3 is 6.09 Å². The molecule has 2 fully saturated rings. The third-order valence-electron chi connectivity index (χ3n) is 4.91. The molecule has 1 heterocycles. The van der Waals surface area contributed by atoms with Crippen molar-refractivity contribution in [1.29, 1.82) is 0 Å². The Hall–Kier alpha value is -2.04. The lowest BCUT2D eigenvalue weighted by Crippen LogP contribution is -2.31. The predicted molar refractivity (Wildman–Crippen MR) is 91.9 cm³/mol. The van der Waals surface area contributed by atoms with Crippen LogP contribution in [0.15, 0.2) is 24.3 Å². The van der Waals surface area contributed by atoms with Gasteiger partial charge in [-0.1, -0.05) is 38.1 Å². The van der Waals surface area contributed by atoms with Crippen molar-refractivity contribution in [2.75, 3.05) is 26.2 Å². The number of hydrogen-bond acceptors (Lipinski definition) is 3. The van der Waals surface area contributed by atoms with Crippen LogP contribution in [0, 0.1) is 5.92 Å². The van der Waals surface area contributed by atoms with E-state index in [1.807, 2.05) is 0 Å². The van der Waals surface area contributed by atoms with E-state index >= 15 is 0 Å². The Morgan fingerprint density at radius 3 is 2.71 bits per heavy atom. The first kappa shape index (κ1) is 16.8. The van der Waals surface area contributed by atoms with Crippen LogP contribution in [0.5, 0.6) is 0 Å². The number of rotatable bonds is 7. The summed E-state index contributed by atoms with van der Waals surface area (Å²) in [5.41, 5.74) is 2.60. The van der Waals surface area contributed by atoms with Gasteiger partial charge in [0.25, 0.3) is 0 Å². The molecule has 1 saturated heterocycles. The quantitative estimate of drug-likeness (QED) is 0.782. The van der Waals surface area contributed by atoms with E-state index in [0.29, 0.717) is 38.1 Å². The molecule has 1 aliphatic heterocycles. The van der Waals surface area contributed by atoms with Crippen LogP contribution in [0.3, 0.4) is 0 Å². The Kier molecular flexibility index (Phi) is 5.07. The molecule has 24 heavy (non-hydrogen) atoms. The molecule has 3 rings (SSSR count). The third-order valence-corrected chi connectivity index (χ3v) is 4.91. The summed E-state index contributed by atoms with van der Waals surface area (Å²) in [4.78, 5) is 25.2. The fraction of sp³-hybridized carbons (Fsp3) is 0.579. The first-order valence-electron chi connectivity index (χ1n) is 8.85. The van der Waals surface area contributed by atoms with Gasteiger partial charge in [0, 0.05) is 19.0 Å². The lowest BCUT2D eigenvalue weighted by Gasteiger charge is -2.12. The molecule has 2 aliphatic rings. The summed E-state index contributed by atoms with van der Waals surface area (Å²) in [5, 5.41) is 3.00. The molecule has 130 valence electrons. The number of carbonyl (C=O) groups excluding carboxylic acids is 2. The smallest absolute Gasteiger partial charge is 0.409 e. The van der Waals surface area contributed by atoms with Gasteiger partial charge < -0.3 is 15.0 Å². The molecule has 1 aromatic rings. The molecular formula is C19H26N2O3. The largest absolute Gasteiger partial charge is 0.448 e. The van der Waals surface area contributed by atoms with Gasteiger partial charge in [0.1, 0.15) is 6.61 Å². The zero-order valence-corrected chi connectivity index (χ0v) is 14.5. The monoisotopic (exact) mass is 330 g/mol. The van der Waals surface area contributed by atoms with Crippen LogP contribution in [-0.4, -0.2) is 43.1 Å². The molecule has 0 unspecified atom stereocenters. The van der Waals surface area contributed by atoms with Crippen molar-refractivity contribution in [3.8, 4) is 0 Å². The third kappa shape index (κ3) is 3.89. The fourth-order valence-corrected chi connectivity index (χ4v) is 3.22. The average molecular weight is 330 g/mol. The molecule has 1 aromatic carbocycles. The second-order valence-electron chi connectivity index (χ2n) is 7.02. The number of nitrogens with one attached hydrogen (secondary N) is 1. The van der Waals surface area contributed by atoms with Gasteiger partial charge in [-0.05, 0) is 35.8 Å². The summed E-state index contributed by atoms with van der Waals surface area (Å²) in [5.74, 6) is 1.13. The van der Waals surface area contributed by atoms with E-state index in [4.69, 9.17) is 4.74 Å². The van der Waals surface area contributed by atoms with Crippen LogP contribution in [-0.2, 0) is 9.53 Å². The van der Waals surface area contributed by atoms with Gasteiger partial charge in [-0.2, -0.15) is 0 Å². The maximum atomic E-state index is 12.2. The average Bonchev–Trinajstić information content (AvgIpc) is 3.28. The summed E-state index contributed by atoms with van der Waals surface area (Å²) in [7, 11) is 0. The van der Waals surface area contributed by atoms with Gasteiger partial charge in [0.15, 0.2) is 0 Å². The van der Waals surface area contributed by atoms with Crippen molar-refractivity contribution in [3.05, 3.63) is 35.4 Å². The van der Waals surface area contributed by atoms with Gasteiger partial charge in [-0.15, -0.1) is 0 Å². The van der Waals surface area contributed by atoms with Crippen molar-refractivity contribution >= 4 is 12.0 Å². The Bertz CT molecular complexity index is 597. The lowest BCUT2D eigenvalue weighted by molar-refractivity contribution is -0.122. The van der Waals surface area contributed by atoms with E-state index in [0.717, 1.165) is 12.8 Å². The summed E-state index contributed by atoms with van der Waals surface area (Å²) in [6.07, 6.45) is 1.46. The number of ether oxygens (including phenoxy) is 1. The molecule has 1 N–H and O–H groups in total. The molecule has 0 spiro atoms. The number of nitrogens with zero attached hydrogens (tertiary/aromatic N) is 1. The maximum Gasteiger partial charge on any atom is 0.409 e. The zero-order valence-electron chi connectivity index (χ0n) is 14.5. The Balaban J connectivity index is 1.38. The summed E-state index contributed by atoms with van der Waals surface area (Å²) in [6.45, 7) is 6.75. The van der Waals surface area contributed by atoms with E-state index in [1.165, 1.54) is 11.1 Å². The van der Waals surface area contributed by atoms with E-state index in [9.17, 15) is 9.59 Å². The van der Waals surface area contributed by atoms with Gasteiger partial charge in [-0.3, -0.25) is 4.79 Å². The number of amides is 2. The molecule has 0 aromatic heterocycles. The Morgan fingerprint density at radius 1 is 1.33 bits per heavy atom. The first-order valence-corrected chi connectivity index (χ1v) is 8.85. The zero-order chi connectivity index (χ0) is 17.1.